The van der Waals surface area contributed by atoms with E-state index in [2.05, 4.69) is 4.74 Å². The van der Waals surface area contributed by atoms with Crippen LogP contribution in [0.1, 0.15) is 0 Å². The van der Waals surface area contributed by atoms with Gasteiger partial charge in [0.1, 0.15) is 17.3 Å². The normalized spacial score (nSPS) is 11.4. The first kappa shape index (κ1) is 13.2. The van der Waals surface area contributed by atoms with Gasteiger partial charge in [-0.1, -0.05) is 18.2 Å². The molecule has 100 valence electrons. The second kappa shape index (κ2) is 4.79. The maximum atomic E-state index is 13.5. The summed E-state index contributed by atoms with van der Waals surface area (Å²) in [6.07, 6.45) is -4.87. The van der Waals surface area contributed by atoms with E-state index in [0.29, 0.717) is 0 Å². The van der Waals surface area contributed by atoms with Crippen LogP contribution in [0.5, 0.6) is 11.5 Å². The van der Waals surface area contributed by atoms with E-state index in [9.17, 15) is 22.7 Å². The lowest BCUT2D eigenvalue weighted by molar-refractivity contribution is -0.274. The Kier molecular flexibility index (Phi) is 3.33. The van der Waals surface area contributed by atoms with E-state index in [1.54, 1.807) is 0 Å². The Morgan fingerprint density at radius 2 is 1.68 bits per heavy atom. The van der Waals surface area contributed by atoms with Crippen LogP contribution in [-0.4, -0.2) is 11.5 Å². The fourth-order valence-electron chi connectivity index (χ4n) is 1.63. The summed E-state index contributed by atoms with van der Waals surface area (Å²) in [7, 11) is 0. The van der Waals surface area contributed by atoms with Gasteiger partial charge in [0, 0.05) is 11.6 Å². The third kappa shape index (κ3) is 3.37. The van der Waals surface area contributed by atoms with Crippen molar-refractivity contribution >= 4 is 0 Å². The van der Waals surface area contributed by atoms with Gasteiger partial charge in [0.15, 0.2) is 0 Å². The maximum Gasteiger partial charge on any atom is 0.573 e. The zero-order chi connectivity index (χ0) is 14.0. The summed E-state index contributed by atoms with van der Waals surface area (Å²) < 4.78 is 53.6. The highest BCUT2D eigenvalue weighted by Gasteiger charge is 2.31. The molecule has 19 heavy (non-hydrogen) atoms. The van der Waals surface area contributed by atoms with Crippen molar-refractivity contribution in [2.24, 2.45) is 0 Å². The molecule has 2 nitrogen and oxygen atoms in total. The van der Waals surface area contributed by atoms with Crippen molar-refractivity contribution in [2.75, 3.05) is 0 Å². The van der Waals surface area contributed by atoms with Crippen LogP contribution >= 0.6 is 0 Å². The molecule has 0 amide bonds. The lowest BCUT2D eigenvalue weighted by atomic mass is 10.0. The fourth-order valence-corrected chi connectivity index (χ4v) is 1.63. The fraction of sp³-hybridized carbons (Fsp3) is 0.0769. The molecule has 0 atom stereocenters. The van der Waals surface area contributed by atoms with Crippen molar-refractivity contribution in [1.82, 2.24) is 0 Å². The molecule has 2 aromatic rings. The Bertz CT molecular complexity index is 593. The summed E-state index contributed by atoms with van der Waals surface area (Å²) >= 11 is 0. The average molecular weight is 272 g/mol. The van der Waals surface area contributed by atoms with Gasteiger partial charge in [-0.25, -0.2) is 4.39 Å². The number of hydrogen-bond acceptors (Lipinski definition) is 2. The average Bonchev–Trinajstić information content (AvgIpc) is 2.26. The highest BCUT2D eigenvalue weighted by Crippen LogP contribution is 2.33. The second-order valence-corrected chi connectivity index (χ2v) is 3.74. The minimum Gasteiger partial charge on any atom is -0.508 e. The number of aromatic hydroxyl groups is 1. The highest BCUT2D eigenvalue weighted by atomic mass is 19.4. The predicted molar refractivity (Wildman–Crippen MR) is 60.2 cm³/mol. The molecule has 0 spiro atoms. The largest absolute Gasteiger partial charge is 0.573 e. The van der Waals surface area contributed by atoms with Gasteiger partial charge in [0.25, 0.3) is 0 Å². The molecule has 2 aromatic carbocycles. The maximum absolute atomic E-state index is 13.5. The Balaban J connectivity index is 2.45. The van der Waals surface area contributed by atoms with Crippen LogP contribution in [0, 0.1) is 5.82 Å². The molecule has 0 fully saturated rings. The molecule has 0 aromatic heterocycles. The van der Waals surface area contributed by atoms with Crippen LogP contribution < -0.4 is 4.74 Å². The Hall–Kier alpha value is -2.24. The molecular formula is C13H8F4O2. The molecule has 0 heterocycles. The quantitative estimate of drug-likeness (QED) is 0.834. The van der Waals surface area contributed by atoms with Crippen molar-refractivity contribution in [3.05, 3.63) is 48.3 Å². The second-order valence-electron chi connectivity index (χ2n) is 3.74. The number of phenols is 1. The monoisotopic (exact) mass is 272 g/mol. The van der Waals surface area contributed by atoms with Gasteiger partial charge in [-0.2, -0.15) is 0 Å². The summed E-state index contributed by atoms with van der Waals surface area (Å²) in [6, 6.07) is 8.51. The molecular weight excluding hydrogens is 264 g/mol. The number of ether oxygens (including phenoxy) is 1. The number of rotatable bonds is 2. The minimum atomic E-state index is -4.87. The van der Waals surface area contributed by atoms with E-state index in [4.69, 9.17) is 0 Å². The van der Waals surface area contributed by atoms with E-state index in [-0.39, 0.29) is 11.1 Å². The van der Waals surface area contributed by atoms with Crippen molar-refractivity contribution < 1.29 is 27.4 Å². The number of benzene rings is 2. The molecule has 0 aliphatic carbocycles. The van der Waals surface area contributed by atoms with E-state index >= 15 is 0 Å². The molecule has 0 radical (unpaired) electrons. The Morgan fingerprint density at radius 3 is 2.32 bits per heavy atom. The summed E-state index contributed by atoms with van der Waals surface area (Å²) in [5, 5.41) is 9.37. The predicted octanol–water partition coefficient (Wildman–Crippen LogP) is 4.10. The molecule has 0 saturated heterocycles. The van der Waals surface area contributed by atoms with Crippen LogP contribution in [0.15, 0.2) is 42.5 Å². The first-order valence-corrected chi connectivity index (χ1v) is 5.20. The van der Waals surface area contributed by atoms with Gasteiger partial charge >= 0.3 is 6.36 Å². The lowest BCUT2D eigenvalue weighted by Gasteiger charge is -2.11. The van der Waals surface area contributed by atoms with Gasteiger partial charge in [-0.3, -0.25) is 0 Å². The summed E-state index contributed by atoms with van der Waals surface area (Å²) in [5.74, 6) is -1.66. The molecule has 0 aliphatic rings. The lowest BCUT2D eigenvalue weighted by Crippen LogP contribution is -2.17. The van der Waals surface area contributed by atoms with Gasteiger partial charge in [0.05, 0.1) is 0 Å². The van der Waals surface area contributed by atoms with Crippen molar-refractivity contribution in [3.8, 4) is 22.6 Å². The third-order valence-corrected chi connectivity index (χ3v) is 2.31. The molecule has 0 bridgehead atoms. The Morgan fingerprint density at radius 1 is 1.00 bits per heavy atom. The SMILES string of the molecule is Oc1cc(OC(F)(F)F)cc(-c2ccccc2F)c1. The number of phenolic OH excluding ortho intramolecular Hbond substituents is 1. The first-order valence-electron chi connectivity index (χ1n) is 5.20. The standard InChI is InChI=1S/C13H8F4O2/c14-12-4-2-1-3-11(12)8-5-9(18)7-10(6-8)19-13(15,16)17/h1-7,18H. The van der Waals surface area contributed by atoms with Gasteiger partial charge in [-0.05, 0) is 23.8 Å². The molecule has 0 aliphatic heterocycles. The molecule has 0 unspecified atom stereocenters. The number of alkyl halides is 3. The van der Waals surface area contributed by atoms with E-state index < -0.39 is 23.7 Å². The first-order chi connectivity index (χ1) is 8.85. The summed E-state index contributed by atoms with van der Waals surface area (Å²) in [5.41, 5.74) is 0.169. The van der Waals surface area contributed by atoms with Crippen LogP contribution in [0.2, 0.25) is 0 Å². The van der Waals surface area contributed by atoms with Gasteiger partial charge < -0.3 is 9.84 Å². The molecule has 6 heteroatoms. The number of halogens is 4. The van der Waals surface area contributed by atoms with Crippen LogP contribution in [0.4, 0.5) is 17.6 Å². The Labute approximate surface area is 105 Å². The van der Waals surface area contributed by atoms with E-state index in [1.165, 1.54) is 24.3 Å². The zero-order valence-corrected chi connectivity index (χ0v) is 9.41. The summed E-state index contributed by atoms with van der Waals surface area (Å²) in [6.45, 7) is 0. The topological polar surface area (TPSA) is 29.5 Å². The van der Waals surface area contributed by atoms with E-state index in [0.717, 1.165) is 18.2 Å². The zero-order valence-electron chi connectivity index (χ0n) is 9.41. The highest BCUT2D eigenvalue weighted by molar-refractivity contribution is 5.67. The van der Waals surface area contributed by atoms with Crippen molar-refractivity contribution in [1.29, 1.82) is 0 Å². The molecule has 1 N–H and O–H groups in total. The third-order valence-electron chi connectivity index (χ3n) is 2.31. The minimum absolute atomic E-state index is 0.0745. The van der Waals surface area contributed by atoms with E-state index in [1.807, 2.05) is 0 Å². The molecule has 0 saturated carbocycles. The van der Waals surface area contributed by atoms with Crippen molar-refractivity contribution in [3.63, 3.8) is 0 Å². The van der Waals surface area contributed by atoms with Gasteiger partial charge in [-0.15, -0.1) is 13.2 Å². The van der Waals surface area contributed by atoms with Crippen LogP contribution in [-0.2, 0) is 0 Å². The number of hydrogen-bond donors (Lipinski definition) is 1. The van der Waals surface area contributed by atoms with Crippen molar-refractivity contribution in [2.45, 2.75) is 6.36 Å². The van der Waals surface area contributed by atoms with Crippen LogP contribution in [0.25, 0.3) is 11.1 Å². The smallest absolute Gasteiger partial charge is 0.508 e. The van der Waals surface area contributed by atoms with Gasteiger partial charge in [0.2, 0.25) is 0 Å². The summed E-state index contributed by atoms with van der Waals surface area (Å²) in [4.78, 5) is 0. The molecule has 2 rings (SSSR count). The van der Waals surface area contributed by atoms with Crippen LogP contribution in [0.3, 0.4) is 0 Å².